The first kappa shape index (κ1) is 21.5. The number of carbonyl (C=O) groups excluding carboxylic acids is 2. The van der Waals surface area contributed by atoms with E-state index in [0.29, 0.717) is 10.4 Å². The highest BCUT2D eigenvalue weighted by molar-refractivity contribution is 7.17. The molecule has 2 aromatic rings. The summed E-state index contributed by atoms with van der Waals surface area (Å²) in [5.74, 6) is -3.41. The highest BCUT2D eigenvalue weighted by Crippen LogP contribution is 2.33. The molecule has 0 radical (unpaired) electrons. The van der Waals surface area contributed by atoms with Gasteiger partial charge in [0.25, 0.3) is 0 Å². The summed E-state index contributed by atoms with van der Waals surface area (Å²) in [6.07, 6.45) is 0. The maximum absolute atomic E-state index is 12.8. The van der Waals surface area contributed by atoms with Gasteiger partial charge in [0, 0.05) is 18.0 Å². The van der Waals surface area contributed by atoms with Crippen molar-refractivity contribution in [1.29, 1.82) is 0 Å². The lowest BCUT2D eigenvalue weighted by atomic mass is 10.1. The zero-order valence-corrected chi connectivity index (χ0v) is 17.0. The van der Waals surface area contributed by atoms with Crippen LogP contribution in [0.25, 0.3) is 10.4 Å². The van der Waals surface area contributed by atoms with Crippen LogP contribution in [0.1, 0.15) is 22.2 Å². The Labute approximate surface area is 176 Å². The number of aromatic carboxylic acids is 1. The van der Waals surface area contributed by atoms with Crippen LogP contribution in [0, 0.1) is 5.92 Å². The minimum atomic E-state index is -1.28. The van der Waals surface area contributed by atoms with Gasteiger partial charge in [-0.1, -0.05) is 37.3 Å². The number of imide groups is 1. The number of hydrogen-bond acceptors (Lipinski definition) is 6. The van der Waals surface area contributed by atoms with Crippen molar-refractivity contribution < 1.29 is 29.4 Å². The number of nitrogens with two attached hydrogens (primary N) is 1. The molecule has 1 fully saturated rings. The minimum Gasteiger partial charge on any atom is -0.480 e. The summed E-state index contributed by atoms with van der Waals surface area (Å²) in [7, 11) is 0. The lowest BCUT2D eigenvalue weighted by Crippen LogP contribution is -2.58. The zero-order chi connectivity index (χ0) is 22.0. The Balaban J connectivity index is 1.90. The molecule has 1 aromatic heterocycles. The quantitative estimate of drug-likeness (QED) is 0.608. The van der Waals surface area contributed by atoms with E-state index >= 15 is 0 Å². The molecule has 0 saturated carbocycles. The van der Waals surface area contributed by atoms with Gasteiger partial charge in [-0.3, -0.25) is 14.5 Å². The number of rotatable bonds is 7. The Morgan fingerprint density at radius 1 is 1.23 bits per heavy atom. The smallest absolute Gasteiger partial charge is 0.346 e. The van der Waals surface area contributed by atoms with E-state index in [9.17, 15) is 24.3 Å². The number of nitrogens with zero attached hydrogens (tertiary/aromatic N) is 2. The molecule has 3 amide bonds. The second-order valence-corrected chi connectivity index (χ2v) is 8.15. The molecular formula is C20H21N3O6S. The topological polar surface area (TPSA) is 141 Å². The van der Waals surface area contributed by atoms with Crippen LogP contribution >= 0.6 is 11.3 Å². The maximum atomic E-state index is 12.8. The van der Waals surface area contributed by atoms with Crippen LogP contribution in [-0.2, 0) is 16.1 Å². The number of carbonyl (C=O) groups is 4. The van der Waals surface area contributed by atoms with E-state index in [0.717, 1.165) is 21.8 Å². The largest absolute Gasteiger partial charge is 0.480 e. The molecule has 158 valence electrons. The molecule has 1 saturated heterocycles. The molecule has 2 heterocycles. The number of urea groups is 1. The first-order valence-electron chi connectivity index (χ1n) is 9.19. The molecule has 1 aliphatic rings. The molecule has 0 spiro atoms. The van der Waals surface area contributed by atoms with E-state index in [1.54, 1.807) is 13.0 Å². The van der Waals surface area contributed by atoms with Crippen molar-refractivity contribution in [3.8, 4) is 10.4 Å². The Kier molecular flexibility index (Phi) is 6.18. The van der Waals surface area contributed by atoms with Crippen molar-refractivity contribution in [2.75, 3.05) is 13.1 Å². The predicted molar refractivity (Wildman–Crippen MR) is 109 cm³/mol. The number of hydrogen-bond donors (Lipinski definition) is 3. The number of aliphatic carboxylic acids is 1. The van der Waals surface area contributed by atoms with Crippen LogP contribution in [0.2, 0.25) is 0 Å². The van der Waals surface area contributed by atoms with E-state index in [2.05, 4.69) is 0 Å². The average molecular weight is 431 g/mol. The molecule has 9 nitrogen and oxygen atoms in total. The molecule has 4 N–H and O–H groups in total. The fourth-order valence-electron chi connectivity index (χ4n) is 3.27. The average Bonchev–Trinajstić information content (AvgIpc) is 3.14. The minimum absolute atomic E-state index is 0.0430. The van der Waals surface area contributed by atoms with Gasteiger partial charge in [-0.25, -0.2) is 9.59 Å². The molecule has 0 bridgehead atoms. The standard InChI is InChI=1S/C20H21N3O6S/c1-11-8-22(10-14(21)18(25)26)20(29)23(17(11)24)9-13-7-15(30-16(13)19(27)28)12-5-3-2-4-6-12/h2-7,11,14H,8-10,21H2,1H3,(H,25,26)(H,27,28). The van der Waals surface area contributed by atoms with Crippen molar-refractivity contribution in [3.05, 3.63) is 46.8 Å². The summed E-state index contributed by atoms with van der Waals surface area (Å²) in [5, 5.41) is 18.6. The summed E-state index contributed by atoms with van der Waals surface area (Å²) in [6, 6.07) is 8.90. The predicted octanol–water partition coefficient (Wildman–Crippen LogP) is 1.93. The van der Waals surface area contributed by atoms with Crippen LogP contribution in [0.5, 0.6) is 0 Å². The molecule has 2 atom stereocenters. The van der Waals surface area contributed by atoms with Gasteiger partial charge in [0.2, 0.25) is 5.91 Å². The first-order valence-corrected chi connectivity index (χ1v) is 10.0. The summed E-state index contributed by atoms with van der Waals surface area (Å²) >= 11 is 1.07. The molecular weight excluding hydrogens is 410 g/mol. The van der Waals surface area contributed by atoms with E-state index in [1.165, 1.54) is 4.90 Å². The Bertz CT molecular complexity index is 990. The van der Waals surface area contributed by atoms with Crippen molar-refractivity contribution >= 4 is 35.2 Å². The van der Waals surface area contributed by atoms with Gasteiger partial charge in [-0.15, -0.1) is 11.3 Å². The second-order valence-electron chi connectivity index (χ2n) is 7.09. The van der Waals surface area contributed by atoms with Gasteiger partial charge in [0.05, 0.1) is 12.5 Å². The number of carboxylic acid groups (broad SMARTS) is 2. The van der Waals surface area contributed by atoms with Crippen LogP contribution in [0.3, 0.4) is 0 Å². The van der Waals surface area contributed by atoms with Crippen molar-refractivity contribution in [2.24, 2.45) is 11.7 Å². The fourth-order valence-corrected chi connectivity index (χ4v) is 4.29. The van der Waals surface area contributed by atoms with Crippen LogP contribution < -0.4 is 5.73 Å². The molecule has 0 aliphatic carbocycles. The third kappa shape index (κ3) is 4.34. The molecule has 1 aromatic carbocycles. The number of thiophene rings is 1. The van der Waals surface area contributed by atoms with Crippen molar-refractivity contribution in [2.45, 2.75) is 19.5 Å². The summed E-state index contributed by atoms with van der Waals surface area (Å²) in [6.45, 7) is 1.22. The first-order chi connectivity index (χ1) is 14.2. The van der Waals surface area contributed by atoms with Crippen molar-refractivity contribution in [1.82, 2.24) is 9.80 Å². The molecule has 3 rings (SSSR count). The van der Waals surface area contributed by atoms with Crippen LogP contribution in [-0.4, -0.2) is 63.0 Å². The van der Waals surface area contributed by atoms with E-state index in [1.807, 2.05) is 30.3 Å². The lowest BCUT2D eigenvalue weighted by molar-refractivity contribution is -0.139. The highest BCUT2D eigenvalue weighted by Gasteiger charge is 2.38. The lowest BCUT2D eigenvalue weighted by Gasteiger charge is -2.38. The summed E-state index contributed by atoms with van der Waals surface area (Å²) in [5.41, 5.74) is 6.71. The Hall–Kier alpha value is -3.24. The van der Waals surface area contributed by atoms with Gasteiger partial charge in [-0.2, -0.15) is 0 Å². The van der Waals surface area contributed by atoms with Gasteiger partial charge in [0.1, 0.15) is 10.9 Å². The van der Waals surface area contributed by atoms with E-state index in [-0.39, 0.29) is 24.5 Å². The normalized spacial score (nSPS) is 17.9. The molecule has 1 aliphatic heterocycles. The van der Waals surface area contributed by atoms with E-state index < -0.39 is 35.8 Å². The van der Waals surface area contributed by atoms with E-state index in [4.69, 9.17) is 10.8 Å². The van der Waals surface area contributed by atoms with Crippen LogP contribution in [0.4, 0.5) is 4.79 Å². The third-order valence-corrected chi connectivity index (χ3v) is 6.02. The Morgan fingerprint density at radius 2 is 1.90 bits per heavy atom. The second kappa shape index (κ2) is 8.64. The summed E-state index contributed by atoms with van der Waals surface area (Å²) in [4.78, 5) is 51.2. The van der Waals surface area contributed by atoms with Crippen molar-refractivity contribution in [3.63, 3.8) is 0 Å². The Morgan fingerprint density at radius 3 is 2.50 bits per heavy atom. The highest BCUT2D eigenvalue weighted by atomic mass is 32.1. The SMILES string of the molecule is CC1CN(CC(N)C(=O)O)C(=O)N(Cc2cc(-c3ccccc3)sc2C(=O)O)C1=O. The summed E-state index contributed by atoms with van der Waals surface area (Å²) < 4.78 is 0. The van der Waals surface area contributed by atoms with Gasteiger partial charge in [-0.05, 0) is 17.2 Å². The fraction of sp³-hybridized carbons (Fsp3) is 0.300. The van der Waals surface area contributed by atoms with Crippen LogP contribution in [0.15, 0.2) is 36.4 Å². The monoisotopic (exact) mass is 431 g/mol. The van der Waals surface area contributed by atoms with Gasteiger partial charge >= 0.3 is 18.0 Å². The molecule has 10 heteroatoms. The molecule has 30 heavy (non-hydrogen) atoms. The number of benzene rings is 1. The van der Waals surface area contributed by atoms with Gasteiger partial charge < -0.3 is 20.8 Å². The maximum Gasteiger partial charge on any atom is 0.346 e. The number of amides is 3. The third-order valence-electron chi connectivity index (χ3n) is 4.81. The van der Waals surface area contributed by atoms with Gasteiger partial charge in [0.15, 0.2) is 0 Å². The zero-order valence-electron chi connectivity index (χ0n) is 16.1. The molecule has 2 unspecified atom stereocenters. The number of carboxylic acids is 2.